The number of aliphatic hydroxyl groups is 1. The van der Waals surface area contributed by atoms with E-state index < -0.39 is 6.10 Å². The molecule has 8 heteroatoms. The Balaban J connectivity index is 1.59. The number of oxazole rings is 1. The van der Waals surface area contributed by atoms with Crippen LogP contribution in [0, 0.1) is 0 Å². The maximum atomic E-state index is 10.3. The SMILES string of the molecule is CCC(O)c1cc2nccc(-c3cc(Cl)cc4c3OC(c3ocnc3CNC)C4)c2s1. The highest BCUT2D eigenvalue weighted by Gasteiger charge is 2.32. The Labute approximate surface area is 188 Å². The van der Waals surface area contributed by atoms with Crippen LogP contribution < -0.4 is 10.1 Å². The predicted molar refractivity (Wildman–Crippen MR) is 122 cm³/mol. The summed E-state index contributed by atoms with van der Waals surface area (Å²) in [6.45, 7) is 2.57. The first kappa shape index (κ1) is 20.5. The molecule has 1 aromatic carbocycles. The summed E-state index contributed by atoms with van der Waals surface area (Å²) < 4.78 is 13.1. The lowest BCUT2D eigenvalue weighted by atomic mass is 10.0. The summed E-state index contributed by atoms with van der Waals surface area (Å²) in [6, 6.07) is 7.82. The molecule has 0 radical (unpaired) electrons. The molecule has 3 aromatic heterocycles. The van der Waals surface area contributed by atoms with Crippen LogP contribution in [0.5, 0.6) is 5.75 Å². The number of aromatic nitrogens is 2. The third kappa shape index (κ3) is 3.61. The third-order valence-corrected chi connectivity index (χ3v) is 7.02. The molecule has 0 spiro atoms. The van der Waals surface area contributed by atoms with Gasteiger partial charge in [-0.2, -0.15) is 0 Å². The summed E-state index contributed by atoms with van der Waals surface area (Å²) >= 11 is 8.07. The molecule has 0 saturated heterocycles. The number of nitrogens with zero attached hydrogens (tertiary/aromatic N) is 2. The second kappa shape index (κ2) is 8.24. The third-order valence-electron chi connectivity index (χ3n) is 5.54. The van der Waals surface area contributed by atoms with Crippen LogP contribution in [0.2, 0.25) is 5.02 Å². The normalized spacial score (nSPS) is 16.5. The van der Waals surface area contributed by atoms with E-state index in [1.54, 1.807) is 17.5 Å². The number of pyridine rings is 1. The van der Waals surface area contributed by atoms with Gasteiger partial charge in [-0.15, -0.1) is 11.3 Å². The second-order valence-corrected chi connectivity index (χ2v) is 9.11. The number of rotatable bonds is 6. The van der Waals surface area contributed by atoms with Gasteiger partial charge in [0, 0.05) is 45.8 Å². The van der Waals surface area contributed by atoms with Crippen molar-refractivity contribution in [2.75, 3.05) is 7.05 Å². The van der Waals surface area contributed by atoms with E-state index >= 15 is 0 Å². The van der Waals surface area contributed by atoms with Crippen molar-refractivity contribution in [2.45, 2.75) is 38.5 Å². The molecule has 1 aliphatic heterocycles. The van der Waals surface area contributed by atoms with Crippen molar-refractivity contribution < 1.29 is 14.3 Å². The number of nitrogens with one attached hydrogen (secondary N) is 1. The molecule has 6 nitrogen and oxygen atoms in total. The number of thiophene rings is 1. The average molecular weight is 456 g/mol. The zero-order valence-electron chi connectivity index (χ0n) is 17.2. The van der Waals surface area contributed by atoms with Gasteiger partial charge in [-0.1, -0.05) is 18.5 Å². The summed E-state index contributed by atoms with van der Waals surface area (Å²) in [7, 11) is 1.88. The van der Waals surface area contributed by atoms with Crippen LogP contribution in [-0.4, -0.2) is 22.1 Å². The van der Waals surface area contributed by atoms with Gasteiger partial charge in [-0.3, -0.25) is 4.98 Å². The fourth-order valence-corrected chi connectivity index (χ4v) is 5.50. The molecule has 4 heterocycles. The molecule has 2 atom stereocenters. The predicted octanol–water partition coefficient (Wildman–Crippen LogP) is 5.44. The fraction of sp³-hybridized carbons (Fsp3) is 0.304. The topological polar surface area (TPSA) is 80.4 Å². The molecule has 2 N–H and O–H groups in total. The minimum atomic E-state index is -0.491. The van der Waals surface area contributed by atoms with Crippen LogP contribution in [0.1, 0.15) is 47.4 Å². The number of fused-ring (bicyclic) bond motifs is 2. The smallest absolute Gasteiger partial charge is 0.181 e. The zero-order valence-corrected chi connectivity index (χ0v) is 18.8. The lowest BCUT2D eigenvalue weighted by Gasteiger charge is -2.13. The highest BCUT2D eigenvalue weighted by molar-refractivity contribution is 7.19. The Kier molecular flexibility index (Phi) is 5.44. The van der Waals surface area contributed by atoms with Crippen molar-refractivity contribution in [3.05, 3.63) is 63.8 Å². The average Bonchev–Trinajstić information content (AvgIpc) is 3.49. The molecule has 0 aliphatic carbocycles. The van der Waals surface area contributed by atoms with Crippen molar-refractivity contribution in [3.63, 3.8) is 0 Å². The Morgan fingerprint density at radius 3 is 2.97 bits per heavy atom. The minimum Gasteiger partial charge on any atom is -0.481 e. The van der Waals surface area contributed by atoms with E-state index in [1.807, 2.05) is 38.2 Å². The lowest BCUT2D eigenvalue weighted by molar-refractivity contribution is 0.177. The van der Waals surface area contributed by atoms with Gasteiger partial charge in [0.2, 0.25) is 0 Å². The van der Waals surface area contributed by atoms with Crippen LogP contribution in [0.4, 0.5) is 0 Å². The zero-order chi connectivity index (χ0) is 21.5. The summed E-state index contributed by atoms with van der Waals surface area (Å²) in [4.78, 5) is 9.73. The first-order chi connectivity index (χ1) is 15.1. The molecular weight excluding hydrogens is 434 g/mol. The number of benzene rings is 1. The standard InChI is InChI=1S/C23H22ClN3O3S/c1-3-18(28)20-9-16-23(31-20)14(4-5-26-16)15-8-13(24)6-12-7-19(30-21(12)15)22-17(10-25-2)27-11-29-22/h4-6,8-9,11,18-19,25,28H,3,7,10H2,1-2H3. The minimum absolute atomic E-state index is 0.254. The highest BCUT2D eigenvalue weighted by atomic mass is 35.5. The van der Waals surface area contributed by atoms with Gasteiger partial charge in [0.1, 0.15) is 5.75 Å². The molecular formula is C23H22ClN3O3S. The highest BCUT2D eigenvalue weighted by Crippen LogP contribution is 2.48. The maximum absolute atomic E-state index is 10.3. The Morgan fingerprint density at radius 2 is 2.16 bits per heavy atom. The van der Waals surface area contributed by atoms with E-state index in [0.29, 0.717) is 24.4 Å². The molecule has 31 heavy (non-hydrogen) atoms. The van der Waals surface area contributed by atoms with E-state index in [0.717, 1.165) is 49.0 Å². The van der Waals surface area contributed by atoms with Crippen LogP contribution in [0.3, 0.4) is 0 Å². The number of hydrogen-bond donors (Lipinski definition) is 2. The van der Waals surface area contributed by atoms with Crippen molar-refractivity contribution in [2.24, 2.45) is 0 Å². The van der Waals surface area contributed by atoms with Gasteiger partial charge < -0.3 is 19.6 Å². The summed E-state index contributed by atoms with van der Waals surface area (Å²) in [5.74, 6) is 1.54. The van der Waals surface area contributed by atoms with Gasteiger partial charge in [0.15, 0.2) is 18.3 Å². The van der Waals surface area contributed by atoms with Crippen molar-refractivity contribution in [1.29, 1.82) is 0 Å². The van der Waals surface area contributed by atoms with Gasteiger partial charge in [-0.05, 0) is 37.7 Å². The van der Waals surface area contributed by atoms with Gasteiger partial charge >= 0.3 is 0 Å². The molecule has 0 bridgehead atoms. The van der Waals surface area contributed by atoms with Crippen LogP contribution in [-0.2, 0) is 13.0 Å². The number of hydrogen-bond acceptors (Lipinski definition) is 7. The number of aliphatic hydroxyl groups excluding tert-OH is 1. The monoisotopic (exact) mass is 455 g/mol. The Morgan fingerprint density at radius 1 is 1.29 bits per heavy atom. The number of ether oxygens (including phenoxy) is 1. The second-order valence-electron chi connectivity index (χ2n) is 7.59. The first-order valence-electron chi connectivity index (χ1n) is 10.2. The summed E-state index contributed by atoms with van der Waals surface area (Å²) in [5, 5.41) is 14.1. The van der Waals surface area contributed by atoms with Crippen LogP contribution in [0.25, 0.3) is 21.3 Å². The van der Waals surface area contributed by atoms with Crippen LogP contribution in [0.15, 0.2) is 41.3 Å². The van der Waals surface area contributed by atoms with E-state index in [9.17, 15) is 5.11 Å². The molecule has 5 rings (SSSR count). The summed E-state index contributed by atoms with van der Waals surface area (Å²) in [6.07, 6.45) is 3.82. The van der Waals surface area contributed by atoms with Crippen molar-refractivity contribution >= 4 is 33.2 Å². The van der Waals surface area contributed by atoms with E-state index in [2.05, 4.69) is 15.3 Å². The molecule has 0 fully saturated rings. The Hall–Kier alpha value is -2.45. The molecule has 1 aliphatic rings. The van der Waals surface area contributed by atoms with Crippen LogP contribution >= 0.6 is 22.9 Å². The van der Waals surface area contributed by atoms with Crippen molar-refractivity contribution in [1.82, 2.24) is 15.3 Å². The van der Waals surface area contributed by atoms with Crippen molar-refractivity contribution in [3.8, 4) is 16.9 Å². The largest absolute Gasteiger partial charge is 0.481 e. The quantitative estimate of drug-likeness (QED) is 0.402. The molecule has 2 unspecified atom stereocenters. The Bertz CT molecular complexity index is 1250. The molecule has 160 valence electrons. The van der Waals surface area contributed by atoms with E-state index in [4.69, 9.17) is 20.8 Å². The molecule has 0 saturated carbocycles. The van der Waals surface area contributed by atoms with Gasteiger partial charge in [0.05, 0.1) is 22.0 Å². The molecule has 0 amide bonds. The first-order valence-corrected chi connectivity index (χ1v) is 11.4. The summed E-state index contributed by atoms with van der Waals surface area (Å²) in [5.41, 5.74) is 4.66. The lowest BCUT2D eigenvalue weighted by Crippen LogP contribution is -2.11. The van der Waals surface area contributed by atoms with Gasteiger partial charge in [0.25, 0.3) is 0 Å². The fourth-order valence-electron chi connectivity index (χ4n) is 4.05. The maximum Gasteiger partial charge on any atom is 0.181 e. The van der Waals surface area contributed by atoms with Gasteiger partial charge in [-0.25, -0.2) is 4.98 Å². The molecule has 4 aromatic rings. The van der Waals surface area contributed by atoms with E-state index in [-0.39, 0.29) is 6.10 Å². The number of halogens is 1. The van der Waals surface area contributed by atoms with E-state index in [1.165, 1.54) is 6.39 Å².